The van der Waals surface area contributed by atoms with Gasteiger partial charge in [-0.25, -0.2) is 0 Å². The summed E-state index contributed by atoms with van der Waals surface area (Å²) in [5.41, 5.74) is 4.48. The van der Waals surface area contributed by atoms with Crippen LogP contribution in [0.25, 0.3) is 0 Å². The number of nitrogens with two attached hydrogens (primary N) is 1. The fourth-order valence-corrected chi connectivity index (χ4v) is 2.26. The predicted octanol–water partition coefficient (Wildman–Crippen LogP) is 2.81. The number of benzene rings is 1. The lowest BCUT2D eigenvalue weighted by Crippen LogP contribution is -2.24. The van der Waals surface area contributed by atoms with Gasteiger partial charge in [0.2, 0.25) is 0 Å². The number of ether oxygens (including phenoxy) is 2. The summed E-state index contributed by atoms with van der Waals surface area (Å²) >= 11 is 0. The normalized spacial score (nSPS) is 20.8. The second kappa shape index (κ2) is 4.03. The molecule has 0 spiro atoms. The van der Waals surface area contributed by atoms with Gasteiger partial charge in [-0.05, 0) is 30.5 Å². The quantitative estimate of drug-likeness (QED) is 0.855. The van der Waals surface area contributed by atoms with Gasteiger partial charge in [0.1, 0.15) is 0 Å². The molecule has 3 nitrogen and oxygen atoms in total. The molecule has 2 N–H and O–H groups in total. The number of rotatable bonds is 1. The van der Waals surface area contributed by atoms with Crippen molar-refractivity contribution in [1.29, 1.82) is 0 Å². The topological polar surface area (TPSA) is 44.5 Å². The van der Waals surface area contributed by atoms with Crippen LogP contribution in [0, 0.1) is 0 Å². The van der Waals surface area contributed by atoms with Crippen molar-refractivity contribution in [2.24, 2.45) is 5.73 Å². The van der Waals surface area contributed by atoms with E-state index < -0.39 is 17.3 Å². The van der Waals surface area contributed by atoms with E-state index in [1.807, 2.05) is 0 Å². The SMILES string of the molecule is NC1(c2cc3c(cc2C(F)(F)F)OCCCO3)CC1. The maximum atomic E-state index is 13.1. The first-order chi connectivity index (χ1) is 8.90. The lowest BCUT2D eigenvalue weighted by molar-refractivity contribution is -0.138. The van der Waals surface area contributed by atoms with E-state index in [1.54, 1.807) is 0 Å². The van der Waals surface area contributed by atoms with Crippen molar-refractivity contribution < 1.29 is 22.6 Å². The molecule has 3 rings (SSSR count). The van der Waals surface area contributed by atoms with E-state index in [9.17, 15) is 13.2 Å². The van der Waals surface area contributed by atoms with Crippen molar-refractivity contribution in [3.63, 3.8) is 0 Å². The van der Waals surface area contributed by atoms with E-state index in [-0.39, 0.29) is 11.3 Å². The van der Waals surface area contributed by atoms with Gasteiger partial charge in [-0.15, -0.1) is 0 Å². The van der Waals surface area contributed by atoms with E-state index in [0.717, 1.165) is 6.07 Å². The fourth-order valence-electron chi connectivity index (χ4n) is 2.26. The third-order valence-electron chi connectivity index (χ3n) is 3.52. The van der Waals surface area contributed by atoms with Gasteiger partial charge in [0.25, 0.3) is 0 Å². The highest BCUT2D eigenvalue weighted by atomic mass is 19.4. The minimum Gasteiger partial charge on any atom is -0.490 e. The lowest BCUT2D eigenvalue weighted by atomic mass is 9.97. The first-order valence-corrected chi connectivity index (χ1v) is 6.20. The Balaban J connectivity index is 2.14. The van der Waals surface area contributed by atoms with Crippen LogP contribution in [0.15, 0.2) is 12.1 Å². The number of halogens is 3. The van der Waals surface area contributed by atoms with E-state index >= 15 is 0 Å². The van der Waals surface area contributed by atoms with Crippen molar-refractivity contribution in [2.45, 2.75) is 31.0 Å². The Morgan fingerprint density at radius 1 is 1.05 bits per heavy atom. The Labute approximate surface area is 108 Å². The van der Waals surface area contributed by atoms with Gasteiger partial charge in [-0.1, -0.05) is 0 Å². The highest BCUT2D eigenvalue weighted by molar-refractivity contribution is 5.52. The van der Waals surface area contributed by atoms with Crippen LogP contribution in [0.3, 0.4) is 0 Å². The van der Waals surface area contributed by atoms with Gasteiger partial charge in [-0.3, -0.25) is 0 Å². The molecule has 1 aliphatic carbocycles. The van der Waals surface area contributed by atoms with Crippen LogP contribution in [0.4, 0.5) is 13.2 Å². The van der Waals surface area contributed by atoms with E-state index in [0.29, 0.717) is 38.2 Å². The van der Waals surface area contributed by atoms with E-state index in [4.69, 9.17) is 15.2 Å². The van der Waals surface area contributed by atoms with Crippen LogP contribution in [0.2, 0.25) is 0 Å². The average Bonchev–Trinajstić information content (AvgIpc) is 3.10. The molecule has 104 valence electrons. The molecule has 1 saturated carbocycles. The Hall–Kier alpha value is -1.43. The third kappa shape index (κ3) is 2.25. The molecule has 0 unspecified atom stereocenters. The Bertz CT molecular complexity index is 475. The largest absolute Gasteiger partial charge is 0.490 e. The summed E-state index contributed by atoms with van der Waals surface area (Å²) in [5, 5.41) is 0. The molecule has 0 radical (unpaired) electrons. The van der Waals surface area contributed by atoms with Crippen molar-refractivity contribution in [2.75, 3.05) is 13.2 Å². The Morgan fingerprint density at radius 2 is 1.63 bits per heavy atom. The van der Waals surface area contributed by atoms with Crippen LogP contribution in [-0.4, -0.2) is 13.2 Å². The molecule has 0 amide bonds. The summed E-state index contributed by atoms with van der Waals surface area (Å²) in [4.78, 5) is 0. The number of hydrogen-bond acceptors (Lipinski definition) is 3. The molecule has 6 heteroatoms. The highest BCUT2D eigenvalue weighted by Crippen LogP contribution is 2.50. The molecule has 2 aliphatic rings. The zero-order valence-electron chi connectivity index (χ0n) is 10.2. The molecule has 19 heavy (non-hydrogen) atoms. The number of alkyl halides is 3. The number of fused-ring (bicyclic) bond motifs is 1. The van der Waals surface area contributed by atoms with Crippen LogP contribution >= 0.6 is 0 Å². The zero-order valence-corrected chi connectivity index (χ0v) is 10.2. The summed E-state index contributed by atoms with van der Waals surface area (Å²) < 4.78 is 50.1. The van der Waals surface area contributed by atoms with Crippen LogP contribution in [0.1, 0.15) is 30.4 Å². The van der Waals surface area contributed by atoms with Gasteiger partial charge in [0.15, 0.2) is 11.5 Å². The molecule has 0 bridgehead atoms. The molecule has 0 saturated heterocycles. The summed E-state index contributed by atoms with van der Waals surface area (Å²) in [6.07, 6.45) is -2.65. The minimum atomic E-state index is -4.44. The van der Waals surface area contributed by atoms with Crippen molar-refractivity contribution in [3.05, 3.63) is 23.3 Å². The first kappa shape index (κ1) is 12.6. The molecule has 1 heterocycles. The van der Waals surface area contributed by atoms with Gasteiger partial charge in [0.05, 0.1) is 18.8 Å². The first-order valence-electron chi connectivity index (χ1n) is 6.20. The maximum absolute atomic E-state index is 13.1. The molecule has 1 fully saturated rings. The molecule has 1 aliphatic heterocycles. The summed E-state index contributed by atoms with van der Waals surface area (Å²) in [7, 11) is 0. The van der Waals surface area contributed by atoms with E-state index in [1.165, 1.54) is 6.07 Å². The molecular weight excluding hydrogens is 259 g/mol. The van der Waals surface area contributed by atoms with E-state index in [2.05, 4.69) is 0 Å². The van der Waals surface area contributed by atoms with Crippen LogP contribution < -0.4 is 15.2 Å². The average molecular weight is 273 g/mol. The van der Waals surface area contributed by atoms with Crippen molar-refractivity contribution >= 4 is 0 Å². The van der Waals surface area contributed by atoms with Crippen LogP contribution in [-0.2, 0) is 11.7 Å². The minimum absolute atomic E-state index is 0.115. The second-order valence-corrected chi connectivity index (χ2v) is 5.05. The van der Waals surface area contributed by atoms with Crippen molar-refractivity contribution in [3.8, 4) is 11.5 Å². The fraction of sp³-hybridized carbons (Fsp3) is 0.538. The predicted molar refractivity (Wildman–Crippen MR) is 62.2 cm³/mol. The lowest BCUT2D eigenvalue weighted by Gasteiger charge is -2.20. The molecule has 0 atom stereocenters. The summed E-state index contributed by atoms with van der Waals surface area (Å²) in [6.45, 7) is 0.798. The molecular formula is C13H14F3NO2. The Kier molecular flexibility index (Phi) is 2.67. The highest BCUT2D eigenvalue weighted by Gasteiger charge is 2.47. The molecule has 1 aromatic carbocycles. The smallest absolute Gasteiger partial charge is 0.416 e. The van der Waals surface area contributed by atoms with Crippen molar-refractivity contribution in [1.82, 2.24) is 0 Å². The Morgan fingerprint density at radius 3 is 2.16 bits per heavy atom. The van der Waals surface area contributed by atoms with Crippen LogP contribution in [0.5, 0.6) is 11.5 Å². The summed E-state index contributed by atoms with van der Waals surface area (Å²) in [6, 6.07) is 2.42. The molecule has 0 aromatic heterocycles. The number of hydrogen-bond donors (Lipinski definition) is 1. The monoisotopic (exact) mass is 273 g/mol. The van der Waals surface area contributed by atoms with Gasteiger partial charge in [-0.2, -0.15) is 13.2 Å². The third-order valence-corrected chi connectivity index (χ3v) is 3.52. The second-order valence-electron chi connectivity index (χ2n) is 5.05. The maximum Gasteiger partial charge on any atom is 0.416 e. The molecule has 1 aromatic rings. The standard InChI is InChI=1S/C13H14F3NO2/c14-13(15,16)9-7-11-10(18-4-1-5-19-11)6-8(9)12(17)2-3-12/h6-7H,1-5,17H2. The van der Waals surface area contributed by atoms with Gasteiger partial charge >= 0.3 is 6.18 Å². The zero-order chi connectivity index (χ0) is 13.7. The van der Waals surface area contributed by atoms with Gasteiger partial charge in [0, 0.05) is 12.0 Å². The summed E-state index contributed by atoms with van der Waals surface area (Å²) in [5.74, 6) is 0.509. The van der Waals surface area contributed by atoms with Gasteiger partial charge < -0.3 is 15.2 Å².